The molecule has 1 aliphatic rings. The molecule has 1 atom stereocenters. The van der Waals surface area contributed by atoms with Crippen molar-refractivity contribution in [3.8, 4) is 34.4 Å². The number of ether oxygens (including phenoxy) is 3. The number of carbonyl (C=O) groups is 1. The second-order valence-corrected chi connectivity index (χ2v) is 10.8. The van der Waals surface area contributed by atoms with Crippen LogP contribution < -0.4 is 10.4 Å². The summed E-state index contributed by atoms with van der Waals surface area (Å²) in [7, 11) is 1.50. The van der Waals surface area contributed by atoms with Crippen LogP contribution >= 0.6 is 0 Å². The van der Waals surface area contributed by atoms with Crippen LogP contribution in [0.15, 0.2) is 59.5 Å². The molecule has 11 heteroatoms. The number of phenolic OH excluding ortho intramolecular Hbond substituents is 1. The molecule has 1 saturated heterocycles. The smallest absolute Gasteiger partial charge is 0.410 e. The molecular formula is C30H31N5O6. The van der Waals surface area contributed by atoms with Crippen LogP contribution in [0, 0.1) is 11.3 Å². The molecule has 1 amide bonds. The van der Waals surface area contributed by atoms with Crippen molar-refractivity contribution in [2.24, 2.45) is 0 Å². The Hall–Kier alpha value is -4.82. The molecule has 0 spiro atoms. The van der Waals surface area contributed by atoms with E-state index in [2.05, 4.69) is 4.98 Å². The van der Waals surface area contributed by atoms with E-state index < -0.39 is 11.7 Å². The third-order valence-electron chi connectivity index (χ3n) is 6.80. The molecular weight excluding hydrogens is 526 g/mol. The van der Waals surface area contributed by atoms with Crippen LogP contribution in [0.3, 0.4) is 0 Å². The molecule has 0 aliphatic carbocycles. The maximum Gasteiger partial charge on any atom is 0.410 e. The van der Waals surface area contributed by atoms with E-state index in [1.807, 2.05) is 39.0 Å². The van der Waals surface area contributed by atoms with E-state index in [4.69, 9.17) is 14.2 Å². The van der Waals surface area contributed by atoms with Crippen LogP contribution in [0.4, 0.5) is 4.79 Å². The van der Waals surface area contributed by atoms with Crippen LogP contribution in [-0.2, 0) is 9.47 Å². The lowest BCUT2D eigenvalue weighted by Gasteiger charge is -2.24. The van der Waals surface area contributed by atoms with Gasteiger partial charge in [-0.15, -0.1) is 0 Å². The summed E-state index contributed by atoms with van der Waals surface area (Å²) in [4.78, 5) is 32.9. The molecule has 2 aromatic heterocycles. The number of aromatic hydroxyl groups is 1. The number of methoxy groups -OCH3 is 1. The Morgan fingerprint density at radius 2 is 1.93 bits per heavy atom. The first-order valence-corrected chi connectivity index (χ1v) is 13.2. The molecule has 4 aromatic rings. The van der Waals surface area contributed by atoms with E-state index >= 15 is 0 Å². The number of fused-ring (bicyclic) bond motifs is 1. The average molecular weight is 558 g/mol. The summed E-state index contributed by atoms with van der Waals surface area (Å²) in [5.41, 5.74) is 2.17. The van der Waals surface area contributed by atoms with Gasteiger partial charge in [0.1, 0.15) is 23.2 Å². The Balaban J connectivity index is 1.58. The van der Waals surface area contributed by atoms with Gasteiger partial charge in [0, 0.05) is 26.4 Å². The van der Waals surface area contributed by atoms with Crippen LogP contribution in [0.1, 0.15) is 38.8 Å². The lowest BCUT2D eigenvalue weighted by atomic mass is 10.0. The zero-order chi connectivity index (χ0) is 29.3. The number of benzene rings is 2. The van der Waals surface area contributed by atoms with Crippen LogP contribution in [0.5, 0.6) is 11.5 Å². The number of hydrogen-bond acceptors (Lipinski definition) is 8. The largest absolute Gasteiger partial charge is 0.507 e. The van der Waals surface area contributed by atoms with Crippen molar-refractivity contribution in [3.63, 3.8) is 0 Å². The van der Waals surface area contributed by atoms with Crippen LogP contribution in [0.25, 0.3) is 28.0 Å². The van der Waals surface area contributed by atoms with Crippen LogP contribution in [-0.4, -0.2) is 62.8 Å². The summed E-state index contributed by atoms with van der Waals surface area (Å²) in [5, 5.41) is 19.3. The first-order valence-electron chi connectivity index (χ1n) is 13.2. The predicted octanol–water partition coefficient (Wildman–Crippen LogP) is 4.60. The van der Waals surface area contributed by atoms with Crippen molar-refractivity contribution < 1.29 is 24.1 Å². The fourth-order valence-corrected chi connectivity index (χ4v) is 4.98. The molecule has 212 valence electrons. The predicted molar refractivity (Wildman–Crippen MR) is 151 cm³/mol. The van der Waals surface area contributed by atoms with Gasteiger partial charge in [-0.1, -0.05) is 12.1 Å². The third kappa shape index (κ3) is 5.47. The molecule has 0 radical (unpaired) electrons. The number of rotatable bonds is 6. The fourth-order valence-electron chi connectivity index (χ4n) is 4.98. The highest BCUT2D eigenvalue weighted by atomic mass is 16.7. The van der Waals surface area contributed by atoms with Gasteiger partial charge in [-0.3, -0.25) is 9.13 Å². The normalized spacial score (nSPS) is 15.2. The fraction of sp³-hybridized carbons (Fsp3) is 0.333. The van der Waals surface area contributed by atoms with Gasteiger partial charge in [0.15, 0.2) is 12.4 Å². The van der Waals surface area contributed by atoms with Crippen molar-refractivity contribution in [2.45, 2.75) is 38.8 Å². The van der Waals surface area contributed by atoms with Gasteiger partial charge in [-0.2, -0.15) is 5.26 Å². The van der Waals surface area contributed by atoms with Gasteiger partial charge in [-0.05, 0) is 74.7 Å². The van der Waals surface area contributed by atoms with Gasteiger partial charge in [0.2, 0.25) is 0 Å². The Morgan fingerprint density at radius 1 is 1.17 bits per heavy atom. The highest BCUT2D eigenvalue weighted by Gasteiger charge is 2.33. The van der Waals surface area contributed by atoms with Crippen molar-refractivity contribution in [1.82, 2.24) is 19.0 Å². The average Bonchev–Trinajstić information content (AvgIpc) is 3.53. The second kappa shape index (κ2) is 11.0. The number of nitriles is 1. The standard InChI is InChI=1S/C30H31N5O6/c1-30(2,3)41-29(38)33-13-11-22(17-33)34-27-24(6-5-12-32-27)35(28(34)37)23-9-7-20(15-26(23)40-18-39-4)19-8-10-25(36)21(14-19)16-31/h5-10,12,14-15,22,36H,11,13,17-18H2,1-4H3/t22-/m0/s1. The van der Waals surface area contributed by atoms with E-state index in [1.54, 1.807) is 50.6 Å². The maximum absolute atomic E-state index is 14.1. The molecule has 1 fully saturated rings. The van der Waals surface area contributed by atoms with E-state index in [0.717, 1.165) is 5.56 Å². The molecule has 41 heavy (non-hydrogen) atoms. The topological polar surface area (TPSA) is 132 Å². The van der Waals surface area contributed by atoms with Crippen molar-refractivity contribution in [2.75, 3.05) is 27.0 Å². The van der Waals surface area contributed by atoms with Crippen LogP contribution in [0.2, 0.25) is 0 Å². The summed E-state index contributed by atoms with van der Waals surface area (Å²) < 4.78 is 19.8. The third-order valence-corrected chi connectivity index (χ3v) is 6.80. The first kappa shape index (κ1) is 27.7. The number of hydrogen-bond donors (Lipinski definition) is 1. The summed E-state index contributed by atoms with van der Waals surface area (Å²) >= 11 is 0. The van der Waals surface area contributed by atoms with E-state index in [-0.39, 0.29) is 29.8 Å². The van der Waals surface area contributed by atoms with Gasteiger partial charge in [-0.25, -0.2) is 14.6 Å². The molecule has 0 unspecified atom stereocenters. The molecule has 1 aliphatic heterocycles. The Bertz CT molecular complexity index is 1710. The number of nitrogens with zero attached hydrogens (tertiary/aromatic N) is 5. The van der Waals surface area contributed by atoms with Gasteiger partial charge < -0.3 is 24.2 Å². The van der Waals surface area contributed by atoms with Gasteiger partial charge in [0.05, 0.1) is 22.8 Å². The monoisotopic (exact) mass is 557 g/mol. The number of phenols is 1. The number of carbonyl (C=O) groups excluding carboxylic acids is 1. The number of amides is 1. The summed E-state index contributed by atoms with van der Waals surface area (Å²) in [6.45, 7) is 6.17. The zero-order valence-electron chi connectivity index (χ0n) is 23.3. The Kier molecular flexibility index (Phi) is 7.43. The van der Waals surface area contributed by atoms with E-state index in [0.29, 0.717) is 47.7 Å². The summed E-state index contributed by atoms with van der Waals surface area (Å²) in [6.07, 6.45) is 1.79. The lowest BCUT2D eigenvalue weighted by molar-refractivity contribution is 0.0289. The lowest BCUT2D eigenvalue weighted by Crippen LogP contribution is -2.36. The van der Waals surface area contributed by atoms with E-state index in [1.165, 1.54) is 13.2 Å². The molecule has 11 nitrogen and oxygen atoms in total. The zero-order valence-corrected chi connectivity index (χ0v) is 23.3. The van der Waals surface area contributed by atoms with Crippen molar-refractivity contribution in [1.29, 1.82) is 5.26 Å². The number of likely N-dealkylation sites (tertiary alicyclic amines) is 1. The molecule has 0 saturated carbocycles. The minimum Gasteiger partial charge on any atom is -0.507 e. The molecule has 3 heterocycles. The highest BCUT2D eigenvalue weighted by molar-refractivity contribution is 5.77. The second-order valence-electron chi connectivity index (χ2n) is 10.8. The first-order chi connectivity index (χ1) is 19.6. The quantitative estimate of drug-likeness (QED) is 0.340. The molecule has 0 bridgehead atoms. The van der Waals surface area contributed by atoms with Gasteiger partial charge >= 0.3 is 11.8 Å². The van der Waals surface area contributed by atoms with Gasteiger partial charge in [0.25, 0.3) is 0 Å². The Morgan fingerprint density at radius 3 is 2.66 bits per heavy atom. The minimum absolute atomic E-state index is 0.0609. The minimum atomic E-state index is -0.620. The number of imidazole rings is 1. The summed E-state index contributed by atoms with van der Waals surface area (Å²) in [6, 6.07) is 15.3. The number of pyridine rings is 1. The Labute approximate surface area is 236 Å². The summed E-state index contributed by atoms with van der Waals surface area (Å²) in [5.74, 6) is 0.274. The maximum atomic E-state index is 14.1. The van der Waals surface area contributed by atoms with Crippen molar-refractivity contribution in [3.05, 3.63) is 70.8 Å². The van der Waals surface area contributed by atoms with E-state index in [9.17, 15) is 20.0 Å². The SMILES string of the molecule is COCOc1cc(-c2ccc(O)c(C#N)c2)ccc1-n1c(=O)n([C@H]2CCN(C(=O)OC(C)(C)C)C2)c2ncccc21. The van der Waals surface area contributed by atoms with Crippen molar-refractivity contribution >= 4 is 17.3 Å². The molecule has 1 N–H and O–H groups in total. The highest BCUT2D eigenvalue weighted by Crippen LogP contribution is 2.34. The molecule has 2 aromatic carbocycles. The molecule has 5 rings (SSSR count). The number of aromatic nitrogens is 3.